The Balaban J connectivity index is 2.58. The Labute approximate surface area is 62.5 Å². The Kier molecular flexibility index (Phi) is 2.48. The van der Waals surface area contributed by atoms with Crippen molar-refractivity contribution >= 4 is 11.9 Å². The molecule has 0 aliphatic rings. The third-order valence-corrected chi connectivity index (χ3v) is 0.938. The molecule has 1 amide bonds. The van der Waals surface area contributed by atoms with E-state index in [9.17, 15) is 9.18 Å². The quantitative estimate of drug-likeness (QED) is 0.671. The van der Waals surface area contributed by atoms with Crippen molar-refractivity contribution in [1.29, 1.82) is 0 Å². The van der Waals surface area contributed by atoms with E-state index in [1.54, 1.807) is 6.07 Å². The second kappa shape index (κ2) is 3.60. The van der Waals surface area contributed by atoms with E-state index in [4.69, 9.17) is 0 Å². The van der Waals surface area contributed by atoms with E-state index in [2.05, 4.69) is 15.3 Å². The van der Waals surface area contributed by atoms with E-state index in [1.165, 1.54) is 12.4 Å². The minimum absolute atomic E-state index is 0.121. The van der Waals surface area contributed by atoms with E-state index in [0.717, 1.165) is 0 Å². The molecule has 0 spiro atoms. The van der Waals surface area contributed by atoms with Gasteiger partial charge in [-0.3, -0.25) is 10.1 Å². The summed E-state index contributed by atoms with van der Waals surface area (Å²) in [7, 11) is 0. The van der Waals surface area contributed by atoms with Crippen LogP contribution < -0.4 is 5.32 Å². The van der Waals surface area contributed by atoms with Gasteiger partial charge in [-0.25, -0.2) is 14.4 Å². The Morgan fingerprint density at radius 1 is 1.55 bits per heavy atom. The van der Waals surface area contributed by atoms with Crippen molar-refractivity contribution in [3.05, 3.63) is 18.5 Å². The number of hydrogen-bond donors (Lipinski definition) is 1. The van der Waals surface area contributed by atoms with Gasteiger partial charge in [-0.05, 0) is 6.07 Å². The Morgan fingerprint density at radius 2 is 2.18 bits per heavy atom. The van der Waals surface area contributed by atoms with Gasteiger partial charge in [0.05, 0.1) is 0 Å². The SMILES string of the molecule is O=C(CF)Nc1ncccn1. The first-order valence-corrected chi connectivity index (χ1v) is 2.96. The lowest BCUT2D eigenvalue weighted by molar-refractivity contribution is -0.117. The molecule has 5 heteroatoms. The van der Waals surface area contributed by atoms with Gasteiger partial charge in [-0.2, -0.15) is 0 Å². The van der Waals surface area contributed by atoms with E-state index in [-0.39, 0.29) is 5.95 Å². The van der Waals surface area contributed by atoms with Gasteiger partial charge in [0.1, 0.15) is 0 Å². The van der Waals surface area contributed by atoms with E-state index in [0.29, 0.717) is 0 Å². The Bertz CT molecular complexity index is 239. The van der Waals surface area contributed by atoms with Gasteiger partial charge in [0.15, 0.2) is 6.67 Å². The highest BCUT2D eigenvalue weighted by atomic mass is 19.1. The summed E-state index contributed by atoms with van der Waals surface area (Å²) in [6, 6.07) is 1.60. The van der Waals surface area contributed by atoms with Gasteiger partial charge in [0.25, 0.3) is 5.91 Å². The van der Waals surface area contributed by atoms with Crippen LogP contribution in [0.5, 0.6) is 0 Å². The number of halogens is 1. The number of anilines is 1. The van der Waals surface area contributed by atoms with Gasteiger partial charge >= 0.3 is 0 Å². The number of nitrogens with zero attached hydrogens (tertiary/aromatic N) is 2. The molecule has 0 radical (unpaired) electrons. The summed E-state index contributed by atoms with van der Waals surface area (Å²) in [5, 5.41) is 2.16. The zero-order chi connectivity index (χ0) is 8.10. The molecule has 4 nitrogen and oxygen atoms in total. The topological polar surface area (TPSA) is 54.9 Å². The van der Waals surface area contributed by atoms with Gasteiger partial charge in [0, 0.05) is 12.4 Å². The van der Waals surface area contributed by atoms with Crippen LogP contribution >= 0.6 is 0 Å². The first-order chi connectivity index (χ1) is 5.33. The number of amides is 1. The molecule has 11 heavy (non-hydrogen) atoms. The third-order valence-electron chi connectivity index (χ3n) is 0.938. The normalized spacial score (nSPS) is 9.18. The van der Waals surface area contributed by atoms with Crippen LogP contribution in [-0.2, 0) is 4.79 Å². The zero-order valence-corrected chi connectivity index (χ0v) is 5.62. The van der Waals surface area contributed by atoms with Crippen LogP contribution in [0.3, 0.4) is 0 Å². The largest absolute Gasteiger partial charge is 0.292 e. The van der Waals surface area contributed by atoms with E-state index < -0.39 is 12.6 Å². The van der Waals surface area contributed by atoms with Crippen LogP contribution in [0.4, 0.5) is 10.3 Å². The summed E-state index contributed by atoms with van der Waals surface area (Å²) in [5.41, 5.74) is 0. The molecular formula is C6H6FN3O. The summed E-state index contributed by atoms with van der Waals surface area (Å²) >= 11 is 0. The van der Waals surface area contributed by atoms with Crippen LogP contribution in [0.25, 0.3) is 0 Å². The summed E-state index contributed by atoms with van der Waals surface area (Å²) in [6.07, 6.45) is 2.92. The standard InChI is InChI=1S/C6H6FN3O/c7-4-5(11)10-6-8-2-1-3-9-6/h1-3H,4H2,(H,8,9,10,11). The van der Waals surface area contributed by atoms with Crippen molar-refractivity contribution in [2.24, 2.45) is 0 Å². The van der Waals surface area contributed by atoms with Crippen LogP contribution in [0, 0.1) is 0 Å². The van der Waals surface area contributed by atoms with Gasteiger partial charge < -0.3 is 0 Å². The molecule has 0 aliphatic carbocycles. The number of hydrogen-bond acceptors (Lipinski definition) is 3. The van der Waals surface area contributed by atoms with Crippen molar-refractivity contribution in [1.82, 2.24) is 9.97 Å². The van der Waals surface area contributed by atoms with Gasteiger partial charge in [0.2, 0.25) is 5.95 Å². The predicted octanol–water partition coefficient (Wildman–Crippen LogP) is 0.385. The molecule has 0 aromatic carbocycles. The summed E-state index contributed by atoms with van der Waals surface area (Å²) in [6.45, 7) is -1.06. The first kappa shape index (κ1) is 7.59. The number of carbonyl (C=O) groups excluding carboxylic acids is 1. The molecule has 0 atom stereocenters. The number of nitrogens with one attached hydrogen (secondary N) is 1. The molecule has 58 valence electrons. The lowest BCUT2D eigenvalue weighted by atomic mass is 10.6. The highest BCUT2D eigenvalue weighted by Crippen LogP contribution is 1.92. The van der Waals surface area contributed by atoms with Crippen molar-refractivity contribution in [2.75, 3.05) is 12.0 Å². The molecule has 1 aromatic heterocycles. The van der Waals surface area contributed by atoms with Crippen LogP contribution in [0.1, 0.15) is 0 Å². The smallest absolute Gasteiger partial charge is 0.258 e. The monoisotopic (exact) mass is 155 g/mol. The fourth-order valence-corrected chi connectivity index (χ4v) is 0.522. The molecule has 1 aromatic rings. The first-order valence-electron chi connectivity index (χ1n) is 2.96. The summed E-state index contributed by atoms with van der Waals surface area (Å²) in [5.74, 6) is -0.619. The number of alkyl halides is 1. The number of carbonyl (C=O) groups is 1. The van der Waals surface area contributed by atoms with Crippen molar-refractivity contribution in [3.8, 4) is 0 Å². The lowest BCUT2D eigenvalue weighted by Gasteiger charge is -1.96. The maximum atomic E-state index is 11.6. The van der Waals surface area contributed by atoms with Crippen LogP contribution in [-0.4, -0.2) is 22.5 Å². The molecule has 0 saturated heterocycles. The second-order valence-corrected chi connectivity index (χ2v) is 1.75. The molecule has 0 aliphatic heterocycles. The molecule has 0 bridgehead atoms. The van der Waals surface area contributed by atoms with Crippen molar-refractivity contribution < 1.29 is 9.18 Å². The molecular weight excluding hydrogens is 149 g/mol. The average molecular weight is 155 g/mol. The van der Waals surface area contributed by atoms with Crippen LogP contribution in [0.15, 0.2) is 18.5 Å². The summed E-state index contributed by atoms with van der Waals surface area (Å²) < 4.78 is 11.6. The maximum absolute atomic E-state index is 11.6. The second-order valence-electron chi connectivity index (χ2n) is 1.75. The van der Waals surface area contributed by atoms with Crippen molar-refractivity contribution in [2.45, 2.75) is 0 Å². The molecule has 1 N–H and O–H groups in total. The number of aromatic nitrogens is 2. The van der Waals surface area contributed by atoms with E-state index >= 15 is 0 Å². The minimum Gasteiger partial charge on any atom is -0.292 e. The van der Waals surface area contributed by atoms with Crippen molar-refractivity contribution in [3.63, 3.8) is 0 Å². The predicted molar refractivity (Wildman–Crippen MR) is 36.6 cm³/mol. The van der Waals surface area contributed by atoms with Gasteiger partial charge in [-0.1, -0.05) is 0 Å². The Morgan fingerprint density at radius 3 is 2.73 bits per heavy atom. The Hall–Kier alpha value is -1.52. The third kappa shape index (κ3) is 2.29. The molecule has 1 rings (SSSR count). The zero-order valence-electron chi connectivity index (χ0n) is 5.62. The molecule has 1 heterocycles. The fourth-order valence-electron chi connectivity index (χ4n) is 0.522. The highest BCUT2D eigenvalue weighted by molar-refractivity contribution is 5.89. The highest BCUT2D eigenvalue weighted by Gasteiger charge is 2.00. The molecule has 0 saturated carbocycles. The maximum Gasteiger partial charge on any atom is 0.258 e. The van der Waals surface area contributed by atoms with Crippen LogP contribution in [0.2, 0.25) is 0 Å². The van der Waals surface area contributed by atoms with E-state index in [1.807, 2.05) is 0 Å². The summed E-state index contributed by atoms with van der Waals surface area (Å²) in [4.78, 5) is 17.7. The minimum atomic E-state index is -1.06. The molecule has 0 fully saturated rings. The fraction of sp³-hybridized carbons (Fsp3) is 0.167. The van der Waals surface area contributed by atoms with Gasteiger partial charge in [-0.15, -0.1) is 0 Å². The molecule has 0 unspecified atom stereocenters. The lowest BCUT2D eigenvalue weighted by Crippen LogP contribution is -2.14. The average Bonchev–Trinajstić information content (AvgIpc) is 2.06. The number of rotatable bonds is 2.